The van der Waals surface area contributed by atoms with Crippen molar-refractivity contribution >= 4 is 25.8 Å². The van der Waals surface area contributed by atoms with E-state index in [0.717, 1.165) is 12.1 Å². The lowest BCUT2D eigenvalue weighted by Crippen LogP contribution is -2.54. The van der Waals surface area contributed by atoms with Gasteiger partial charge in [-0.2, -0.15) is 4.39 Å². The summed E-state index contributed by atoms with van der Waals surface area (Å²) in [4.78, 5) is 35.2. The number of halogens is 1. The van der Waals surface area contributed by atoms with Crippen molar-refractivity contribution in [2.75, 3.05) is 13.2 Å². The number of rotatable bonds is 12. The Morgan fingerprint density at radius 2 is 1.85 bits per heavy atom. The highest BCUT2D eigenvalue weighted by Gasteiger charge is 2.38. The molecule has 11 heteroatoms. The summed E-state index contributed by atoms with van der Waals surface area (Å²) in [6.45, 7) is 13.9. The molecule has 1 aromatic rings. The minimum atomic E-state index is -2.06. The monoisotopic (exact) mass is 499 g/mol. The number of nitro benzene ring substituents is 1. The van der Waals surface area contributed by atoms with E-state index in [2.05, 4.69) is 44.5 Å². The minimum Gasteiger partial charge on any atom is -0.415 e. The summed E-state index contributed by atoms with van der Waals surface area (Å²) in [7, 11) is -2.06. The number of benzene rings is 1. The third-order valence-corrected chi connectivity index (χ3v) is 10.6. The van der Waals surface area contributed by atoms with E-state index >= 15 is 0 Å². The van der Waals surface area contributed by atoms with Gasteiger partial charge < -0.3 is 20.2 Å². The van der Waals surface area contributed by atoms with Gasteiger partial charge >= 0.3 is 5.69 Å². The number of carbonyl (C=O) groups is 2. The summed E-state index contributed by atoms with van der Waals surface area (Å²) in [6.07, 6.45) is 0.137. The first-order valence-electron chi connectivity index (χ1n) is 11.4. The Balaban J connectivity index is 2.70. The van der Waals surface area contributed by atoms with Gasteiger partial charge in [-0.15, -0.1) is 0 Å². The van der Waals surface area contributed by atoms with Crippen molar-refractivity contribution < 1.29 is 28.4 Å². The third-order valence-electron chi connectivity index (χ3n) is 6.13. The summed E-state index contributed by atoms with van der Waals surface area (Å²) >= 11 is 0. The van der Waals surface area contributed by atoms with Crippen LogP contribution in [0, 0.1) is 21.8 Å². The molecule has 2 amide bonds. The van der Waals surface area contributed by atoms with Crippen molar-refractivity contribution in [3.8, 4) is 0 Å². The highest BCUT2D eigenvalue weighted by atomic mass is 28.4. The number of aliphatic hydroxyl groups is 1. The van der Waals surface area contributed by atoms with Crippen molar-refractivity contribution in [2.45, 2.75) is 77.7 Å². The molecule has 9 nitrogen and oxygen atoms in total. The van der Waals surface area contributed by atoms with Crippen LogP contribution < -0.4 is 10.6 Å². The zero-order valence-electron chi connectivity index (χ0n) is 21.1. The molecule has 0 aliphatic rings. The second kappa shape index (κ2) is 12.4. The number of hydrogen-bond donors (Lipinski definition) is 3. The molecule has 0 bridgehead atoms. The molecule has 34 heavy (non-hydrogen) atoms. The van der Waals surface area contributed by atoms with E-state index in [4.69, 9.17) is 4.43 Å². The Morgan fingerprint density at radius 1 is 1.24 bits per heavy atom. The zero-order valence-corrected chi connectivity index (χ0v) is 22.1. The van der Waals surface area contributed by atoms with Crippen molar-refractivity contribution in [3.05, 3.63) is 39.7 Å². The standard InChI is InChI=1S/C23H38FN3O6Si/c1-15(2)21(22(30)25-17(13-28)14-33-34(6,7)23(3,4)5)26-20(29)11-9-16-8-10-19(27(31)32)18(24)12-16/h8,10,12,15,17,21,28H,9,11,13-14H2,1-7H3,(H,25,30)(H,26,29)/t17-,21-/m0/s1. The number of nitrogens with one attached hydrogen (secondary N) is 2. The lowest BCUT2D eigenvalue weighted by Gasteiger charge is -2.37. The van der Waals surface area contributed by atoms with Gasteiger partial charge in [-0.25, -0.2) is 0 Å². The highest BCUT2D eigenvalue weighted by Crippen LogP contribution is 2.36. The van der Waals surface area contributed by atoms with E-state index < -0.39 is 48.6 Å². The first-order valence-corrected chi connectivity index (χ1v) is 14.3. The summed E-state index contributed by atoms with van der Waals surface area (Å²) in [6, 6.07) is 2.06. The largest absolute Gasteiger partial charge is 0.415 e. The molecule has 0 saturated carbocycles. The predicted octanol–water partition coefficient (Wildman–Crippen LogP) is 3.31. The summed E-state index contributed by atoms with van der Waals surface area (Å²) in [5.41, 5.74) is -0.187. The molecule has 3 N–H and O–H groups in total. The molecular formula is C23H38FN3O6Si. The normalized spacial score (nSPS) is 13.9. The first-order chi connectivity index (χ1) is 15.6. The number of aliphatic hydroxyl groups excluding tert-OH is 1. The number of aryl methyl sites for hydroxylation is 1. The van der Waals surface area contributed by atoms with Gasteiger partial charge in [-0.1, -0.05) is 40.7 Å². The van der Waals surface area contributed by atoms with E-state index in [1.165, 1.54) is 6.07 Å². The molecule has 0 aliphatic carbocycles. The van der Waals surface area contributed by atoms with Crippen LogP contribution in [0.4, 0.5) is 10.1 Å². The molecule has 0 heterocycles. The molecule has 0 spiro atoms. The van der Waals surface area contributed by atoms with Gasteiger partial charge in [-0.05, 0) is 42.1 Å². The second-order valence-electron chi connectivity index (χ2n) is 10.3. The average molecular weight is 500 g/mol. The summed E-state index contributed by atoms with van der Waals surface area (Å²) < 4.78 is 19.9. The van der Waals surface area contributed by atoms with Crippen molar-refractivity contribution in [2.24, 2.45) is 5.92 Å². The Hall–Kier alpha value is -2.37. The van der Waals surface area contributed by atoms with Gasteiger partial charge in [0.1, 0.15) is 6.04 Å². The van der Waals surface area contributed by atoms with E-state index in [9.17, 15) is 29.2 Å². The minimum absolute atomic E-state index is 0.0158. The van der Waals surface area contributed by atoms with E-state index in [1.807, 2.05) is 0 Å². The maximum absolute atomic E-state index is 13.8. The van der Waals surface area contributed by atoms with Crippen LogP contribution in [0.25, 0.3) is 0 Å². The van der Waals surface area contributed by atoms with Gasteiger partial charge in [0, 0.05) is 12.5 Å². The van der Waals surface area contributed by atoms with Gasteiger partial charge in [0.05, 0.1) is 24.2 Å². The fourth-order valence-corrected chi connectivity index (χ4v) is 3.90. The fraction of sp³-hybridized carbons (Fsp3) is 0.652. The quantitative estimate of drug-likeness (QED) is 0.230. The van der Waals surface area contributed by atoms with Crippen LogP contribution in [0.1, 0.15) is 46.6 Å². The smallest absolute Gasteiger partial charge is 0.304 e. The molecule has 0 aliphatic heterocycles. The van der Waals surface area contributed by atoms with Crippen molar-refractivity contribution in [1.82, 2.24) is 10.6 Å². The number of nitrogens with zero attached hydrogens (tertiary/aromatic N) is 1. The Bertz CT molecular complexity index is 873. The molecule has 192 valence electrons. The number of carbonyl (C=O) groups excluding carboxylic acids is 2. The van der Waals surface area contributed by atoms with Crippen molar-refractivity contribution in [1.29, 1.82) is 0 Å². The lowest BCUT2D eigenvalue weighted by atomic mass is 10.0. The SMILES string of the molecule is CC(C)[C@H](NC(=O)CCc1ccc([N+](=O)[O-])c(F)c1)C(=O)N[C@@H](CO)CO[Si](C)(C)C(C)(C)C. The number of amides is 2. The van der Waals surface area contributed by atoms with Crippen LogP contribution >= 0.6 is 0 Å². The molecule has 1 aromatic carbocycles. The first kappa shape index (κ1) is 29.7. The predicted molar refractivity (Wildman–Crippen MR) is 130 cm³/mol. The zero-order chi connectivity index (χ0) is 26.3. The number of nitro groups is 1. The second-order valence-corrected chi connectivity index (χ2v) is 15.1. The molecule has 0 radical (unpaired) electrons. The lowest BCUT2D eigenvalue weighted by molar-refractivity contribution is -0.387. The van der Waals surface area contributed by atoms with Gasteiger partial charge in [0.15, 0.2) is 8.32 Å². The molecular weight excluding hydrogens is 461 g/mol. The molecule has 0 unspecified atom stereocenters. The molecule has 2 atom stereocenters. The average Bonchev–Trinajstić information content (AvgIpc) is 2.71. The van der Waals surface area contributed by atoms with Crippen LogP contribution in [-0.4, -0.2) is 55.5 Å². The Kier molecular flexibility index (Phi) is 10.8. The topological polar surface area (TPSA) is 131 Å². The molecule has 1 rings (SSSR count). The van der Waals surface area contributed by atoms with E-state index in [0.29, 0.717) is 5.56 Å². The van der Waals surface area contributed by atoms with Gasteiger partial charge in [-0.3, -0.25) is 19.7 Å². The highest BCUT2D eigenvalue weighted by molar-refractivity contribution is 6.74. The van der Waals surface area contributed by atoms with Gasteiger partial charge in [0.25, 0.3) is 0 Å². The molecule has 0 saturated heterocycles. The summed E-state index contributed by atoms with van der Waals surface area (Å²) in [5.74, 6) is -2.02. The van der Waals surface area contributed by atoms with Gasteiger partial charge in [0.2, 0.25) is 17.6 Å². The van der Waals surface area contributed by atoms with Crippen molar-refractivity contribution in [3.63, 3.8) is 0 Å². The maximum atomic E-state index is 13.8. The third kappa shape index (κ3) is 8.77. The maximum Gasteiger partial charge on any atom is 0.304 e. The number of hydrogen-bond acceptors (Lipinski definition) is 6. The van der Waals surface area contributed by atoms with Crippen LogP contribution in [0.15, 0.2) is 18.2 Å². The van der Waals surface area contributed by atoms with Crippen LogP contribution in [0.5, 0.6) is 0 Å². The Morgan fingerprint density at radius 3 is 2.32 bits per heavy atom. The van der Waals surface area contributed by atoms with E-state index in [-0.39, 0.29) is 37.0 Å². The van der Waals surface area contributed by atoms with Crippen LogP contribution in [0.3, 0.4) is 0 Å². The molecule has 0 aromatic heterocycles. The van der Waals surface area contributed by atoms with Crippen LogP contribution in [-0.2, 0) is 20.4 Å². The summed E-state index contributed by atoms with van der Waals surface area (Å²) in [5, 5.41) is 25.9. The fourth-order valence-electron chi connectivity index (χ4n) is 2.85. The van der Waals surface area contributed by atoms with Crippen LogP contribution in [0.2, 0.25) is 18.1 Å². The van der Waals surface area contributed by atoms with E-state index in [1.54, 1.807) is 13.8 Å². The molecule has 0 fully saturated rings. The Labute approximate surface area is 201 Å².